The third-order valence-corrected chi connectivity index (χ3v) is 8.58. The normalized spacial score (nSPS) is 11.4. The summed E-state index contributed by atoms with van der Waals surface area (Å²) in [5.41, 5.74) is 3.13. The molecule has 4 N–H and O–H groups in total. The molecule has 0 aliphatic rings. The van der Waals surface area contributed by atoms with E-state index in [1.54, 1.807) is 56.6 Å². The predicted molar refractivity (Wildman–Crippen MR) is 196 cm³/mol. The summed E-state index contributed by atoms with van der Waals surface area (Å²) in [7, 11) is 2.63. The van der Waals surface area contributed by atoms with Crippen LogP contribution in [-0.2, 0) is 30.9 Å². The third kappa shape index (κ3) is 6.95. The number of esters is 1. The number of hydrogen-bond donors (Lipinski definition) is 4. The van der Waals surface area contributed by atoms with Crippen LogP contribution in [0.1, 0.15) is 66.9 Å². The van der Waals surface area contributed by atoms with Gasteiger partial charge in [-0.2, -0.15) is 10.2 Å². The van der Waals surface area contributed by atoms with E-state index in [1.807, 2.05) is 13.8 Å². The van der Waals surface area contributed by atoms with E-state index in [4.69, 9.17) is 9.47 Å². The number of aromatic hydroxyl groups is 1. The number of imidazole rings is 2. The number of anilines is 2. The minimum Gasteiger partial charge on any atom is -0.506 e. The fourth-order valence-corrected chi connectivity index (χ4v) is 6.17. The van der Waals surface area contributed by atoms with Gasteiger partial charge in [-0.25, -0.2) is 19.6 Å². The molecular weight excluding hydrogens is 700 g/mol. The molecule has 0 bridgehead atoms. The van der Waals surface area contributed by atoms with Crippen LogP contribution in [0, 0.1) is 13.8 Å². The van der Waals surface area contributed by atoms with Gasteiger partial charge < -0.3 is 28.8 Å². The van der Waals surface area contributed by atoms with Crippen molar-refractivity contribution in [2.24, 2.45) is 0 Å². The molecule has 0 atom stereocenters. The molecule has 0 aliphatic heterocycles. The number of phenolic OH excluding ortho intramolecular Hbond substituents is 1. The number of rotatable bonds is 13. The molecule has 54 heavy (non-hydrogen) atoms. The highest BCUT2D eigenvalue weighted by Crippen LogP contribution is 2.32. The van der Waals surface area contributed by atoms with Gasteiger partial charge in [0.25, 0.3) is 11.8 Å². The number of carbonyl (C=O) groups excluding carboxylic acids is 3. The van der Waals surface area contributed by atoms with E-state index < -0.39 is 23.8 Å². The van der Waals surface area contributed by atoms with Gasteiger partial charge in [-0.15, -0.1) is 0 Å². The highest BCUT2D eigenvalue weighted by molar-refractivity contribution is 6.05. The van der Waals surface area contributed by atoms with Crippen molar-refractivity contribution in [1.82, 2.24) is 38.7 Å². The number of methoxy groups -OCH3 is 2. The molecule has 0 saturated heterocycles. The van der Waals surface area contributed by atoms with Gasteiger partial charge in [0.1, 0.15) is 33.9 Å². The standard InChI is InChI=1S/C36H38N10O8/c1-7-45-25(13-19(3)41-45)31(48)39-35-37-23-16-22(34(52)54-6)17-27(47)29(23)43(35)11-9-10-12-44-30-24(15-21(33(50)51)18-28(30)53-5)38-36(44)40-32(49)26-14-20(4)42-46(26)8-2/h9-10,13-18,47H,7-8,11-12H2,1-6H3,(H,50,51)(H,37,39,48)(H,38,40,49)/b10-9+. The maximum absolute atomic E-state index is 13.5. The van der Waals surface area contributed by atoms with Gasteiger partial charge in [-0.3, -0.25) is 29.6 Å². The number of fused-ring (bicyclic) bond motifs is 2. The molecule has 6 aromatic rings. The Morgan fingerprint density at radius 1 is 0.741 bits per heavy atom. The summed E-state index contributed by atoms with van der Waals surface area (Å²) in [6, 6.07) is 8.77. The second-order valence-corrected chi connectivity index (χ2v) is 12.2. The molecule has 2 aromatic carbocycles. The summed E-state index contributed by atoms with van der Waals surface area (Å²) in [5, 5.41) is 35.2. The lowest BCUT2D eigenvalue weighted by Crippen LogP contribution is -2.20. The Morgan fingerprint density at radius 2 is 1.24 bits per heavy atom. The molecule has 4 heterocycles. The van der Waals surface area contributed by atoms with Crippen molar-refractivity contribution in [3.05, 3.63) is 82.5 Å². The van der Waals surface area contributed by atoms with E-state index in [0.717, 1.165) is 0 Å². The Bertz CT molecular complexity index is 2490. The lowest BCUT2D eigenvalue weighted by Gasteiger charge is -2.12. The molecule has 0 unspecified atom stereocenters. The van der Waals surface area contributed by atoms with E-state index in [9.17, 15) is 29.4 Å². The Labute approximate surface area is 307 Å². The van der Waals surface area contributed by atoms with Crippen LogP contribution in [0.2, 0.25) is 0 Å². The van der Waals surface area contributed by atoms with E-state index in [0.29, 0.717) is 41.4 Å². The van der Waals surface area contributed by atoms with Gasteiger partial charge in [0.2, 0.25) is 11.9 Å². The van der Waals surface area contributed by atoms with E-state index >= 15 is 0 Å². The molecule has 280 valence electrons. The number of aromatic nitrogens is 8. The Balaban J connectivity index is 1.38. The van der Waals surface area contributed by atoms with Gasteiger partial charge >= 0.3 is 11.9 Å². The van der Waals surface area contributed by atoms with Crippen molar-refractivity contribution < 1.29 is 38.9 Å². The molecule has 0 saturated carbocycles. The van der Waals surface area contributed by atoms with Crippen molar-refractivity contribution in [2.75, 3.05) is 24.9 Å². The summed E-state index contributed by atoms with van der Waals surface area (Å²) in [6.07, 6.45) is 3.50. The van der Waals surface area contributed by atoms with Crippen molar-refractivity contribution >= 4 is 57.7 Å². The Hall–Kier alpha value is -6.98. The highest BCUT2D eigenvalue weighted by atomic mass is 16.5. The summed E-state index contributed by atoms with van der Waals surface area (Å²) < 4.78 is 16.8. The van der Waals surface area contributed by atoms with E-state index in [1.165, 1.54) is 38.5 Å². The molecular formula is C36H38N10O8. The molecule has 0 spiro atoms. The van der Waals surface area contributed by atoms with Crippen molar-refractivity contribution in [3.63, 3.8) is 0 Å². The number of hydrogen-bond acceptors (Lipinski definition) is 11. The number of phenols is 1. The highest BCUT2D eigenvalue weighted by Gasteiger charge is 2.23. The molecule has 6 rings (SSSR count). The van der Waals surface area contributed by atoms with Crippen LogP contribution in [0.25, 0.3) is 22.1 Å². The van der Waals surface area contributed by atoms with Crippen molar-refractivity contribution in [1.29, 1.82) is 0 Å². The monoisotopic (exact) mass is 738 g/mol. The zero-order valence-corrected chi connectivity index (χ0v) is 30.4. The van der Waals surface area contributed by atoms with Crippen LogP contribution in [0.5, 0.6) is 11.5 Å². The van der Waals surface area contributed by atoms with Crippen LogP contribution in [-0.4, -0.2) is 86.8 Å². The summed E-state index contributed by atoms with van der Waals surface area (Å²) in [6.45, 7) is 8.37. The second kappa shape index (κ2) is 14.9. The molecule has 0 fully saturated rings. The number of benzene rings is 2. The zero-order chi connectivity index (χ0) is 38.8. The van der Waals surface area contributed by atoms with Gasteiger partial charge in [-0.05, 0) is 64.1 Å². The van der Waals surface area contributed by atoms with Crippen LogP contribution in [0.3, 0.4) is 0 Å². The summed E-state index contributed by atoms with van der Waals surface area (Å²) in [5.74, 6) is -2.64. The van der Waals surface area contributed by atoms with Gasteiger partial charge in [0, 0.05) is 26.2 Å². The molecule has 0 aliphatic carbocycles. The number of ether oxygens (including phenoxy) is 2. The second-order valence-electron chi connectivity index (χ2n) is 12.2. The van der Waals surface area contributed by atoms with Gasteiger partial charge in [0.05, 0.1) is 47.8 Å². The number of carboxylic acid groups (broad SMARTS) is 1. The van der Waals surface area contributed by atoms with Crippen molar-refractivity contribution in [3.8, 4) is 11.5 Å². The number of aryl methyl sites for hydroxylation is 4. The van der Waals surface area contributed by atoms with Crippen LogP contribution >= 0.6 is 0 Å². The van der Waals surface area contributed by atoms with Crippen LogP contribution < -0.4 is 15.4 Å². The number of nitrogens with zero attached hydrogens (tertiary/aromatic N) is 8. The molecule has 0 radical (unpaired) electrons. The lowest BCUT2D eigenvalue weighted by molar-refractivity contribution is 0.0599. The number of allylic oxidation sites excluding steroid dienone is 2. The number of nitrogens with one attached hydrogen (secondary N) is 2. The van der Waals surface area contributed by atoms with Crippen LogP contribution in [0.4, 0.5) is 11.9 Å². The lowest BCUT2D eigenvalue weighted by atomic mass is 10.2. The number of carbonyl (C=O) groups is 4. The Kier molecular flexibility index (Phi) is 10.2. The first kappa shape index (κ1) is 36.8. The molecule has 18 heteroatoms. The SMILES string of the molecule is CCn1nc(C)cc1C(=O)Nc1nc2cc(C(=O)OC)cc(O)c2n1C/C=C/Cn1c(NC(=O)c2cc(C)nn2CC)nc2cc(C(=O)O)cc(OC)c21. The number of aromatic carboxylic acids is 1. The minimum absolute atomic E-state index is 0.0500. The first-order valence-electron chi connectivity index (χ1n) is 16.9. The van der Waals surface area contributed by atoms with Gasteiger partial charge in [0.15, 0.2) is 0 Å². The largest absolute Gasteiger partial charge is 0.506 e. The predicted octanol–water partition coefficient (Wildman–Crippen LogP) is 4.40. The van der Waals surface area contributed by atoms with Gasteiger partial charge in [-0.1, -0.05) is 12.2 Å². The zero-order valence-electron chi connectivity index (χ0n) is 30.4. The molecule has 4 aromatic heterocycles. The average Bonchev–Trinajstić information content (AvgIpc) is 3.91. The van der Waals surface area contributed by atoms with Crippen molar-refractivity contribution in [2.45, 2.75) is 53.9 Å². The first-order chi connectivity index (χ1) is 25.9. The maximum Gasteiger partial charge on any atom is 0.338 e. The van der Waals surface area contributed by atoms with E-state index in [-0.39, 0.29) is 64.2 Å². The number of amides is 2. The minimum atomic E-state index is -1.18. The van der Waals surface area contributed by atoms with E-state index in [2.05, 4.69) is 30.8 Å². The quantitative estimate of drug-likeness (QED) is 0.0957. The third-order valence-electron chi connectivity index (χ3n) is 8.58. The smallest absolute Gasteiger partial charge is 0.338 e. The molecule has 2 amide bonds. The first-order valence-corrected chi connectivity index (χ1v) is 16.9. The maximum atomic E-state index is 13.5. The summed E-state index contributed by atoms with van der Waals surface area (Å²) in [4.78, 5) is 60.3. The Morgan fingerprint density at radius 3 is 1.72 bits per heavy atom. The fraction of sp³-hybridized carbons (Fsp3) is 0.278. The van der Waals surface area contributed by atoms with Crippen LogP contribution in [0.15, 0.2) is 48.6 Å². The number of carboxylic acids is 1. The fourth-order valence-electron chi connectivity index (χ4n) is 6.17. The topological polar surface area (TPSA) is 223 Å². The average molecular weight is 739 g/mol. The summed E-state index contributed by atoms with van der Waals surface area (Å²) >= 11 is 0. The molecule has 18 nitrogen and oxygen atoms in total.